The van der Waals surface area contributed by atoms with E-state index >= 15 is 0 Å². The molecule has 7 nitrogen and oxygen atoms in total. The van der Waals surface area contributed by atoms with Crippen LogP contribution in [0.4, 0.5) is 0 Å². The number of nitrogens with zero attached hydrogens (tertiary/aromatic N) is 2. The van der Waals surface area contributed by atoms with Crippen molar-refractivity contribution < 1.29 is 14.6 Å². The van der Waals surface area contributed by atoms with Gasteiger partial charge in [-0.25, -0.2) is 0 Å². The number of hydrogen-bond donors (Lipinski definition) is 3. The van der Waals surface area contributed by atoms with Crippen LogP contribution in [-0.4, -0.2) is 60.0 Å². The van der Waals surface area contributed by atoms with Gasteiger partial charge in [-0.15, -0.1) is 0 Å². The number of rotatable bonds is 6. The Morgan fingerprint density at radius 2 is 2.12 bits per heavy atom. The molecule has 2 aliphatic carbocycles. The van der Waals surface area contributed by atoms with Gasteiger partial charge in [0, 0.05) is 37.2 Å². The van der Waals surface area contributed by atoms with Crippen LogP contribution in [0.15, 0.2) is 59.4 Å². The van der Waals surface area contributed by atoms with Gasteiger partial charge in [-0.2, -0.15) is 5.10 Å². The second-order valence-corrected chi connectivity index (χ2v) is 9.14. The van der Waals surface area contributed by atoms with Crippen LogP contribution in [0.25, 0.3) is 5.57 Å². The topological polar surface area (TPSA) is 86.2 Å². The number of carbonyl (C=O) groups is 1. The number of aromatic hydroxyl groups is 1. The standard InChI is InChI=1S/C25H30N4O3/c1-29-10-2-3-19(29)6-9-25(31)27-18-13-21(14-18)32-24-12-17(11-23-22(24)15-26-28-23)16-4-7-20(30)8-5-16/h4-9,11-12,15,18-19,21-23,28,30H,2-3,10,13-14H2,1H3,(H,27,31)/b9-6+. The third-order valence-electron chi connectivity index (χ3n) is 6.82. The maximum absolute atomic E-state index is 12.3. The van der Waals surface area contributed by atoms with Crippen LogP contribution in [0.3, 0.4) is 0 Å². The molecule has 2 heterocycles. The van der Waals surface area contributed by atoms with Gasteiger partial charge in [-0.1, -0.05) is 24.3 Å². The maximum Gasteiger partial charge on any atom is 0.243 e. The first-order chi connectivity index (χ1) is 15.5. The summed E-state index contributed by atoms with van der Waals surface area (Å²) in [6, 6.07) is 7.77. The fourth-order valence-corrected chi connectivity index (χ4v) is 4.81. The molecule has 0 radical (unpaired) electrons. The lowest BCUT2D eigenvalue weighted by Crippen LogP contribution is -2.48. The van der Waals surface area contributed by atoms with Crippen molar-refractivity contribution in [2.45, 2.75) is 49.9 Å². The van der Waals surface area contributed by atoms with Crippen LogP contribution in [-0.2, 0) is 9.53 Å². The van der Waals surface area contributed by atoms with Crippen molar-refractivity contribution >= 4 is 17.7 Å². The second kappa shape index (κ2) is 8.82. The molecule has 2 aliphatic heterocycles. The molecule has 0 spiro atoms. The minimum absolute atomic E-state index is 0.0182. The number of hydrazone groups is 1. The quantitative estimate of drug-likeness (QED) is 0.599. The Labute approximate surface area is 188 Å². The van der Waals surface area contributed by atoms with Crippen LogP contribution in [0, 0.1) is 5.92 Å². The third kappa shape index (κ3) is 4.43. The van der Waals surface area contributed by atoms with Gasteiger partial charge in [0.05, 0.1) is 12.0 Å². The Morgan fingerprint density at radius 3 is 2.88 bits per heavy atom. The molecule has 1 saturated heterocycles. The molecule has 32 heavy (non-hydrogen) atoms. The molecule has 168 valence electrons. The number of carbonyl (C=O) groups excluding carboxylic acids is 1. The number of benzene rings is 1. The largest absolute Gasteiger partial charge is 0.508 e. The summed E-state index contributed by atoms with van der Waals surface area (Å²) in [7, 11) is 2.10. The van der Waals surface area contributed by atoms with Crippen molar-refractivity contribution in [2.75, 3.05) is 13.6 Å². The fraction of sp³-hybridized carbons (Fsp3) is 0.440. The highest BCUT2D eigenvalue weighted by molar-refractivity contribution is 5.88. The molecule has 2 fully saturated rings. The van der Waals surface area contributed by atoms with Crippen molar-refractivity contribution in [1.29, 1.82) is 0 Å². The average molecular weight is 435 g/mol. The molecule has 3 N–H and O–H groups in total. The van der Waals surface area contributed by atoms with Crippen LogP contribution < -0.4 is 10.7 Å². The van der Waals surface area contributed by atoms with E-state index in [1.54, 1.807) is 18.2 Å². The highest BCUT2D eigenvalue weighted by Gasteiger charge is 2.37. The van der Waals surface area contributed by atoms with Crippen LogP contribution in [0.5, 0.6) is 5.75 Å². The number of phenols is 1. The fourth-order valence-electron chi connectivity index (χ4n) is 4.81. The maximum atomic E-state index is 12.3. The van der Waals surface area contributed by atoms with Crippen molar-refractivity contribution in [3.8, 4) is 5.75 Å². The van der Waals surface area contributed by atoms with E-state index in [1.807, 2.05) is 24.4 Å². The first-order valence-electron chi connectivity index (χ1n) is 11.4. The molecular formula is C25H30N4O3. The van der Waals surface area contributed by atoms with Crippen molar-refractivity contribution in [2.24, 2.45) is 11.0 Å². The monoisotopic (exact) mass is 434 g/mol. The lowest BCUT2D eigenvalue weighted by molar-refractivity contribution is -0.118. The minimum atomic E-state index is -0.0182. The number of amides is 1. The van der Waals surface area contributed by atoms with Gasteiger partial charge in [0.2, 0.25) is 5.91 Å². The zero-order valence-electron chi connectivity index (χ0n) is 18.3. The van der Waals surface area contributed by atoms with Crippen molar-refractivity contribution in [3.63, 3.8) is 0 Å². The van der Waals surface area contributed by atoms with Crippen LogP contribution >= 0.6 is 0 Å². The predicted octanol–water partition coefficient (Wildman–Crippen LogP) is 2.56. The molecule has 1 amide bonds. The van der Waals surface area contributed by atoms with E-state index in [4.69, 9.17) is 4.74 Å². The molecular weight excluding hydrogens is 404 g/mol. The van der Waals surface area contributed by atoms with Gasteiger partial charge >= 0.3 is 0 Å². The molecule has 3 unspecified atom stereocenters. The van der Waals surface area contributed by atoms with E-state index in [-0.39, 0.29) is 35.8 Å². The third-order valence-corrected chi connectivity index (χ3v) is 6.82. The molecule has 1 aromatic rings. The van der Waals surface area contributed by atoms with Gasteiger partial charge < -0.3 is 20.6 Å². The highest BCUT2D eigenvalue weighted by atomic mass is 16.5. The average Bonchev–Trinajstić information content (AvgIpc) is 3.39. The van der Waals surface area contributed by atoms with Gasteiger partial charge in [0.15, 0.2) is 0 Å². The summed E-state index contributed by atoms with van der Waals surface area (Å²) in [5.41, 5.74) is 5.21. The van der Waals surface area contributed by atoms with Crippen LogP contribution in [0.1, 0.15) is 31.2 Å². The number of hydrogen-bond acceptors (Lipinski definition) is 6. The summed E-state index contributed by atoms with van der Waals surface area (Å²) in [5.74, 6) is 1.21. The molecule has 1 aromatic carbocycles. The minimum Gasteiger partial charge on any atom is -0.508 e. The Balaban J connectivity index is 1.16. The van der Waals surface area contributed by atoms with E-state index in [1.165, 1.54) is 6.42 Å². The molecule has 7 heteroatoms. The lowest BCUT2D eigenvalue weighted by atomic mass is 9.86. The summed E-state index contributed by atoms with van der Waals surface area (Å²) in [5, 5.41) is 16.9. The Morgan fingerprint density at radius 1 is 1.31 bits per heavy atom. The Kier molecular flexibility index (Phi) is 5.74. The molecule has 1 saturated carbocycles. The Hall–Kier alpha value is -3.06. The summed E-state index contributed by atoms with van der Waals surface area (Å²) < 4.78 is 6.35. The van der Waals surface area contributed by atoms with E-state index in [2.05, 4.69) is 39.9 Å². The Bertz CT molecular complexity index is 975. The lowest BCUT2D eigenvalue weighted by Gasteiger charge is -2.38. The summed E-state index contributed by atoms with van der Waals surface area (Å²) >= 11 is 0. The van der Waals surface area contributed by atoms with Crippen LogP contribution in [0.2, 0.25) is 0 Å². The first-order valence-corrected chi connectivity index (χ1v) is 11.4. The molecule has 3 atom stereocenters. The van der Waals surface area contributed by atoms with Gasteiger partial charge in [0.25, 0.3) is 0 Å². The smallest absolute Gasteiger partial charge is 0.243 e. The summed E-state index contributed by atoms with van der Waals surface area (Å²) in [4.78, 5) is 14.5. The molecule has 5 rings (SSSR count). The predicted molar refractivity (Wildman–Crippen MR) is 124 cm³/mol. The number of ether oxygens (including phenoxy) is 1. The van der Waals surface area contributed by atoms with E-state index in [0.29, 0.717) is 6.04 Å². The second-order valence-electron chi connectivity index (χ2n) is 9.14. The summed E-state index contributed by atoms with van der Waals surface area (Å²) in [6.45, 7) is 1.10. The van der Waals surface area contributed by atoms with Crippen molar-refractivity contribution in [3.05, 3.63) is 59.9 Å². The molecule has 0 aromatic heterocycles. The number of fused-ring (bicyclic) bond motifs is 1. The zero-order chi connectivity index (χ0) is 22.1. The first kappa shape index (κ1) is 20.8. The molecule has 0 bridgehead atoms. The van der Waals surface area contributed by atoms with Gasteiger partial charge in [0.1, 0.15) is 17.6 Å². The van der Waals surface area contributed by atoms with Crippen molar-refractivity contribution in [1.82, 2.24) is 15.6 Å². The molecule has 4 aliphatic rings. The number of likely N-dealkylation sites (tertiary alicyclic amines) is 1. The van der Waals surface area contributed by atoms with E-state index in [9.17, 15) is 9.90 Å². The van der Waals surface area contributed by atoms with E-state index in [0.717, 1.165) is 42.7 Å². The SMILES string of the molecule is CN1CCCC1/C=C/C(=O)NC1CC(OC2=CC(c3ccc(O)cc3)=CC3NN=CC23)C1. The normalized spacial score (nSPS) is 31.5. The number of allylic oxidation sites excluding steroid dienone is 2. The highest BCUT2D eigenvalue weighted by Crippen LogP contribution is 2.35. The zero-order valence-corrected chi connectivity index (χ0v) is 18.3. The number of phenolic OH excluding ortho intramolecular Hbond substituents is 1. The van der Waals surface area contributed by atoms with E-state index < -0.39 is 0 Å². The number of nitrogens with one attached hydrogen (secondary N) is 2. The number of likely N-dealkylation sites (N-methyl/N-ethyl adjacent to an activating group) is 1. The van der Waals surface area contributed by atoms with Gasteiger partial charge in [-0.05, 0) is 55.8 Å². The summed E-state index contributed by atoms with van der Waals surface area (Å²) in [6.07, 6.45) is 13.8. The van der Waals surface area contributed by atoms with Gasteiger partial charge in [-0.3, -0.25) is 9.69 Å².